The van der Waals surface area contributed by atoms with Crippen molar-refractivity contribution in [1.82, 2.24) is 4.72 Å². The van der Waals surface area contributed by atoms with Gasteiger partial charge in [-0.15, -0.1) is 0 Å². The normalized spacial score (nSPS) is 13.9. The predicted octanol–water partition coefficient (Wildman–Crippen LogP) is 2.48. The van der Waals surface area contributed by atoms with Crippen LogP contribution in [0.3, 0.4) is 0 Å². The highest BCUT2D eigenvalue weighted by atomic mass is 32.2. The molecular formula is C9H10F3NOS. The molecule has 1 unspecified atom stereocenters. The zero-order valence-corrected chi connectivity index (χ0v) is 8.48. The number of nitrogens with one attached hydrogen (secondary N) is 1. The minimum Gasteiger partial charge on any atom is -0.387 e. The van der Waals surface area contributed by atoms with E-state index in [4.69, 9.17) is 0 Å². The standard InChI is InChI=1S/C9H10F3NOS/c10-9(11,12)15-13-6-8(14)7-4-2-1-3-5-7/h1-5,8,13-14H,6H2. The van der Waals surface area contributed by atoms with Crippen LogP contribution < -0.4 is 4.72 Å². The molecule has 1 rings (SSSR count). The monoisotopic (exact) mass is 237 g/mol. The summed E-state index contributed by atoms with van der Waals surface area (Å²) in [7, 11) is 0. The van der Waals surface area contributed by atoms with E-state index in [1.165, 1.54) is 0 Å². The molecule has 0 aliphatic heterocycles. The van der Waals surface area contributed by atoms with Gasteiger partial charge in [-0.2, -0.15) is 13.2 Å². The van der Waals surface area contributed by atoms with E-state index in [1.807, 2.05) is 0 Å². The summed E-state index contributed by atoms with van der Waals surface area (Å²) < 4.78 is 37.2. The first kappa shape index (κ1) is 12.4. The second-order valence-electron chi connectivity index (χ2n) is 2.82. The van der Waals surface area contributed by atoms with Gasteiger partial charge in [-0.3, -0.25) is 4.72 Å². The second kappa shape index (κ2) is 5.39. The summed E-state index contributed by atoms with van der Waals surface area (Å²) in [5.74, 6) is 0. The third-order valence-electron chi connectivity index (χ3n) is 1.65. The third kappa shape index (κ3) is 5.06. The summed E-state index contributed by atoms with van der Waals surface area (Å²) in [5, 5.41) is 9.47. The molecular weight excluding hydrogens is 227 g/mol. The molecule has 1 aromatic carbocycles. The summed E-state index contributed by atoms with van der Waals surface area (Å²) >= 11 is -0.353. The molecule has 0 fully saturated rings. The molecule has 0 aliphatic carbocycles. The first-order valence-electron chi connectivity index (χ1n) is 4.19. The Bertz CT molecular complexity index is 291. The Hall–Kier alpha value is -0.720. The topological polar surface area (TPSA) is 32.3 Å². The fraction of sp³-hybridized carbons (Fsp3) is 0.333. The summed E-state index contributed by atoms with van der Waals surface area (Å²) in [6.45, 7) is -0.145. The number of alkyl halides is 3. The molecule has 2 nitrogen and oxygen atoms in total. The van der Waals surface area contributed by atoms with Gasteiger partial charge in [0.1, 0.15) is 0 Å². The molecule has 1 aromatic rings. The maximum absolute atomic E-state index is 11.7. The van der Waals surface area contributed by atoms with E-state index in [2.05, 4.69) is 4.72 Å². The van der Waals surface area contributed by atoms with E-state index in [0.29, 0.717) is 5.56 Å². The highest BCUT2D eigenvalue weighted by Crippen LogP contribution is 2.27. The van der Waals surface area contributed by atoms with Crippen molar-refractivity contribution < 1.29 is 18.3 Å². The van der Waals surface area contributed by atoms with E-state index in [9.17, 15) is 18.3 Å². The van der Waals surface area contributed by atoms with Crippen LogP contribution in [-0.2, 0) is 0 Å². The summed E-state index contributed by atoms with van der Waals surface area (Å²) in [4.78, 5) is 0. The molecule has 6 heteroatoms. The minimum atomic E-state index is -4.32. The quantitative estimate of drug-likeness (QED) is 0.789. The van der Waals surface area contributed by atoms with Crippen LogP contribution in [-0.4, -0.2) is 17.2 Å². The SMILES string of the molecule is OC(CNSC(F)(F)F)c1ccccc1. The molecule has 15 heavy (non-hydrogen) atoms. The van der Waals surface area contributed by atoms with Gasteiger partial charge in [0.15, 0.2) is 0 Å². The van der Waals surface area contributed by atoms with Crippen LogP contribution in [0, 0.1) is 0 Å². The predicted molar refractivity (Wildman–Crippen MR) is 53.1 cm³/mol. The van der Waals surface area contributed by atoms with Gasteiger partial charge in [0.05, 0.1) is 6.10 Å². The van der Waals surface area contributed by atoms with Crippen molar-refractivity contribution in [2.45, 2.75) is 11.6 Å². The summed E-state index contributed by atoms with van der Waals surface area (Å²) in [6, 6.07) is 8.52. The van der Waals surface area contributed by atoms with Crippen molar-refractivity contribution in [1.29, 1.82) is 0 Å². The highest BCUT2D eigenvalue weighted by Gasteiger charge is 2.28. The van der Waals surface area contributed by atoms with E-state index >= 15 is 0 Å². The number of rotatable bonds is 4. The molecule has 0 bridgehead atoms. The van der Waals surface area contributed by atoms with Gasteiger partial charge in [0.25, 0.3) is 0 Å². The maximum Gasteiger partial charge on any atom is 0.456 e. The molecule has 0 aromatic heterocycles. The zero-order chi connectivity index (χ0) is 11.3. The van der Waals surface area contributed by atoms with Crippen LogP contribution in [0.5, 0.6) is 0 Å². The van der Waals surface area contributed by atoms with Crippen molar-refractivity contribution >= 4 is 11.9 Å². The van der Waals surface area contributed by atoms with E-state index in [-0.39, 0.29) is 18.5 Å². The van der Waals surface area contributed by atoms with Crippen molar-refractivity contribution in [3.05, 3.63) is 35.9 Å². The number of aliphatic hydroxyl groups excluding tert-OH is 1. The van der Waals surface area contributed by atoms with Crippen molar-refractivity contribution in [3.63, 3.8) is 0 Å². The smallest absolute Gasteiger partial charge is 0.387 e. The van der Waals surface area contributed by atoms with Gasteiger partial charge in [0, 0.05) is 18.5 Å². The molecule has 0 radical (unpaired) electrons. The number of hydrogen-bond acceptors (Lipinski definition) is 3. The fourth-order valence-electron chi connectivity index (χ4n) is 0.995. The summed E-state index contributed by atoms with van der Waals surface area (Å²) in [6.07, 6.45) is -0.930. The first-order valence-corrected chi connectivity index (χ1v) is 5.01. The molecule has 0 aliphatic rings. The number of hydrogen-bond donors (Lipinski definition) is 2. The van der Waals surface area contributed by atoms with Crippen molar-refractivity contribution in [2.75, 3.05) is 6.54 Å². The average molecular weight is 237 g/mol. The van der Waals surface area contributed by atoms with Gasteiger partial charge >= 0.3 is 5.51 Å². The largest absolute Gasteiger partial charge is 0.456 e. The Labute approximate surface area is 89.6 Å². The molecule has 84 valence electrons. The van der Waals surface area contributed by atoms with Gasteiger partial charge < -0.3 is 5.11 Å². The molecule has 0 saturated carbocycles. The van der Waals surface area contributed by atoms with Crippen molar-refractivity contribution in [3.8, 4) is 0 Å². The summed E-state index contributed by atoms with van der Waals surface area (Å²) in [5.41, 5.74) is -3.73. The second-order valence-corrected chi connectivity index (χ2v) is 3.78. The number of aliphatic hydroxyl groups is 1. The first-order chi connectivity index (χ1) is 6.99. The maximum atomic E-state index is 11.7. The fourth-order valence-corrected chi connectivity index (χ4v) is 1.40. The van der Waals surface area contributed by atoms with Crippen LogP contribution >= 0.6 is 11.9 Å². The minimum absolute atomic E-state index is 0.145. The molecule has 0 heterocycles. The van der Waals surface area contributed by atoms with Crippen LogP contribution in [0.15, 0.2) is 30.3 Å². The molecule has 1 atom stereocenters. The number of halogens is 3. The molecule has 0 saturated heterocycles. The van der Waals surface area contributed by atoms with E-state index < -0.39 is 11.6 Å². The van der Waals surface area contributed by atoms with Gasteiger partial charge in [-0.05, 0) is 5.56 Å². The highest BCUT2D eigenvalue weighted by molar-refractivity contribution is 7.98. The van der Waals surface area contributed by atoms with E-state index in [0.717, 1.165) is 0 Å². The lowest BCUT2D eigenvalue weighted by Gasteiger charge is -2.12. The van der Waals surface area contributed by atoms with Crippen LogP contribution in [0.1, 0.15) is 11.7 Å². The van der Waals surface area contributed by atoms with Crippen LogP contribution in [0.4, 0.5) is 13.2 Å². The Kier molecular flexibility index (Phi) is 4.44. The zero-order valence-electron chi connectivity index (χ0n) is 7.66. The molecule has 2 N–H and O–H groups in total. The lowest BCUT2D eigenvalue weighted by atomic mass is 10.1. The average Bonchev–Trinajstić information content (AvgIpc) is 2.17. The Morgan fingerprint density at radius 2 is 1.87 bits per heavy atom. The van der Waals surface area contributed by atoms with Crippen molar-refractivity contribution in [2.24, 2.45) is 0 Å². The van der Waals surface area contributed by atoms with Crippen LogP contribution in [0.2, 0.25) is 0 Å². The van der Waals surface area contributed by atoms with Gasteiger partial charge in [-0.1, -0.05) is 30.3 Å². The van der Waals surface area contributed by atoms with Gasteiger partial charge in [0.2, 0.25) is 0 Å². The van der Waals surface area contributed by atoms with Crippen LogP contribution in [0.25, 0.3) is 0 Å². The van der Waals surface area contributed by atoms with E-state index in [1.54, 1.807) is 30.3 Å². The lowest BCUT2D eigenvalue weighted by molar-refractivity contribution is -0.0337. The number of benzene rings is 1. The van der Waals surface area contributed by atoms with Gasteiger partial charge in [-0.25, -0.2) is 0 Å². The third-order valence-corrected chi connectivity index (χ3v) is 2.19. The Balaban J connectivity index is 2.34. The Morgan fingerprint density at radius 1 is 1.27 bits per heavy atom. The molecule has 0 spiro atoms. The molecule has 0 amide bonds. The lowest BCUT2D eigenvalue weighted by Crippen LogP contribution is -2.19. The Morgan fingerprint density at radius 3 is 2.40 bits per heavy atom.